The summed E-state index contributed by atoms with van der Waals surface area (Å²) in [4.78, 5) is 4.55. The standard InChI is InChI=1S/C23H17F2NO2/c1-15-22(26-23(27-15)17-4-6-18(24)7-5-17)14-16-2-10-20(11-3-16)28-21-12-8-19(25)9-13-21/h2-13H,14H2,1H3. The molecular formula is C23H17F2NO2. The van der Waals surface area contributed by atoms with Gasteiger partial charge in [0.2, 0.25) is 5.89 Å². The number of oxazole rings is 1. The van der Waals surface area contributed by atoms with Crippen LogP contribution in [-0.4, -0.2) is 4.98 Å². The van der Waals surface area contributed by atoms with Gasteiger partial charge in [0, 0.05) is 12.0 Å². The maximum Gasteiger partial charge on any atom is 0.226 e. The molecule has 0 aliphatic rings. The van der Waals surface area contributed by atoms with E-state index in [0.717, 1.165) is 22.6 Å². The lowest BCUT2D eigenvalue weighted by Gasteiger charge is -2.06. The molecule has 1 heterocycles. The molecule has 5 heteroatoms. The summed E-state index contributed by atoms with van der Waals surface area (Å²) >= 11 is 0. The van der Waals surface area contributed by atoms with Crippen LogP contribution in [0.5, 0.6) is 11.5 Å². The van der Waals surface area contributed by atoms with E-state index in [4.69, 9.17) is 9.15 Å². The van der Waals surface area contributed by atoms with Crippen molar-refractivity contribution < 1.29 is 17.9 Å². The summed E-state index contributed by atoms with van der Waals surface area (Å²) in [5, 5.41) is 0. The van der Waals surface area contributed by atoms with Crippen molar-refractivity contribution in [2.45, 2.75) is 13.3 Å². The van der Waals surface area contributed by atoms with E-state index < -0.39 is 0 Å². The number of hydrogen-bond donors (Lipinski definition) is 0. The molecule has 3 aromatic carbocycles. The van der Waals surface area contributed by atoms with E-state index in [1.54, 1.807) is 24.3 Å². The van der Waals surface area contributed by atoms with Crippen molar-refractivity contribution in [3.63, 3.8) is 0 Å². The topological polar surface area (TPSA) is 35.3 Å². The van der Waals surface area contributed by atoms with E-state index in [1.807, 2.05) is 31.2 Å². The van der Waals surface area contributed by atoms with Gasteiger partial charge in [-0.15, -0.1) is 0 Å². The Kier molecular flexibility index (Phi) is 4.89. The number of rotatable bonds is 5. The summed E-state index contributed by atoms with van der Waals surface area (Å²) in [6.07, 6.45) is 0.605. The van der Waals surface area contributed by atoms with Gasteiger partial charge in [-0.25, -0.2) is 13.8 Å². The minimum Gasteiger partial charge on any atom is -0.457 e. The fourth-order valence-electron chi connectivity index (χ4n) is 2.82. The van der Waals surface area contributed by atoms with Crippen molar-refractivity contribution in [3.8, 4) is 23.0 Å². The highest BCUT2D eigenvalue weighted by atomic mass is 19.1. The van der Waals surface area contributed by atoms with Crippen LogP contribution in [0, 0.1) is 18.6 Å². The van der Waals surface area contributed by atoms with Crippen molar-refractivity contribution in [1.29, 1.82) is 0 Å². The third kappa shape index (κ3) is 4.09. The lowest BCUT2D eigenvalue weighted by atomic mass is 10.1. The van der Waals surface area contributed by atoms with Gasteiger partial charge in [0.1, 0.15) is 28.9 Å². The number of halogens is 2. The van der Waals surface area contributed by atoms with E-state index in [-0.39, 0.29) is 11.6 Å². The molecule has 4 rings (SSSR count). The molecule has 140 valence electrons. The molecule has 0 N–H and O–H groups in total. The van der Waals surface area contributed by atoms with E-state index in [2.05, 4.69) is 4.98 Å². The Morgan fingerprint density at radius 1 is 0.786 bits per heavy atom. The largest absolute Gasteiger partial charge is 0.457 e. The van der Waals surface area contributed by atoms with Crippen LogP contribution in [-0.2, 0) is 6.42 Å². The quantitative estimate of drug-likeness (QED) is 0.409. The van der Waals surface area contributed by atoms with E-state index in [0.29, 0.717) is 23.8 Å². The summed E-state index contributed by atoms with van der Waals surface area (Å²) in [7, 11) is 0. The van der Waals surface area contributed by atoms with Crippen LogP contribution in [0.4, 0.5) is 8.78 Å². The summed E-state index contributed by atoms with van der Waals surface area (Å²) in [5.41, 5.74) is 2.61. The Hall–Kier alpha value is -3.47. The van der Waals surface area contributed by atoms with Crippen LogP contribution in [0.2, 0.25) is 0 Å². The maximum absolute atomic E-state index is 13.1. The van der Waals surface area contributed by atoms with Crippen molar-refractivity contribution >= 4 is 0 Å². The molecule has 3 nitrogen and oxygen atoms in total. The Balaban J connectivity index is 1.47. The van der Waals surface area contributed by atoms with Gasteiger partial charge in [-0.2, -0.15) is 0 Å². The molecular weight excluding hydrogens is 360 g/mol. The van der Waals surface area contributed by atoms with Gasteiger partial charge < -0.3 is 9.15 Å². The molecule has 0 aliphatic carbocycles. The zero-order valence-corrected chi connectivity index (χ0v) is 15.2. The summed E-state index contributed by atoms with van der Waals surface area (Å²) < 4.78 is 37.5. The van der Waals surface area contributed by atoms with Crippen LogP contribution in [0.3, 0.4) is 0 Å². The minimum atomic E-state index is -0.300. The normalized spacial score (nSPS) is 10.8. The van der Waals surface area contributed by atoms with E-state index in [1.165, 1.54) is 24.3 Å². The predicted octanol–water partition coefficient (Wildman–Crippen LogP) is 6.31. The summed E-state index contributed by atoms with van der Waals surface area (Å²) in [5.74, 6) is 1.85. The Bertz CT molecular complexity index is 1070. The molecule has 0 unspecified atom stereocenters. The fourth-order valence-corrected chi connectivity index (χ4v) is 2.82. The van der Waals surface area contributed by atoms with Crippen molar-refractivity contribution in [3.05, 3.63) is 101 Å². The summed E-state index contributed by atoms with van der Waals surface area (Å²) in [6, 6.07) is 19.5. The Morgan fingerprint density at radius 2 is 1.32 bits per heavy atom. The highest BCUT2D eigenvalue weighted by Crippen LogP contribution is 2.25. The van der Waals surface area contributed by atoms with Crippen molar-refractivity contribution in [2.24, 2.45) is 0 Å². The predicted molar refractivity (Wildman–Crippen MR) is 102 cm³/mol. The highest BCUT2D eigenvalue weighted by molar-refractivity contribution is 5.53. The molecule has 0 bridgehead atoms. The highest BCUT2D eigenvalue weighted by Gasteiger charge is 2.12. The Morgan fingerprint density at radius 3 is 1.93 bits per heavy atom. The molecule has 0 saturated heterocycles. The number of nitrogens with zero attached hydrogens (tertiary/aromatic N) is 1. The molecule has 1 aromatic heterocycles. The second kappa shape index (κ2) is 7.64. The maximum atomic E-state index is 13.1. The second-order valence-corrected chi connectivity index (χ2v) is 6.41. The van der Waals surface area contributed by atoms with Crippen LogP contribution >= 0.6 is 0 Å². The van der Waals surface area contributed by atoms with Gasteiger partial charge in [0.25, 0.3) is 0 Å². The molecule has 0 spiro atoms. The first-order valence-corrected chi connectivity index (χ1v) is 8.81. The zero-order chi connectivity index (χ0) is 19.5. The second-order valence-electron chi connectivity index (χ2n) is 6.41. The van der Waals surface area contributed by atoms with Crippen molar-refractivity contribution in [2.75, 3.05) is 0 Å². The molecule has 4 aromatic rings. The first-order valence-electron chi connectivity index (χ1n) is 8.81. The smallest absolute Gasteiger partial charge is 0.226 e. The van der Waals surface area contributed by atoms with Crippen molar-refractivity contribution in [1.82, 2.24) is 4.98 Å². The van der Waals surface area contributed by atoms with Crippen LogP contribution in [0.25, 0.3) is 11.5 Å². The average Bonchev–Trinajstić information content (AvgIpc) is 3.06. The van der Waals surface area contributed by atoms with Gasteiger partial charge in [0.15, 0.2) is 0 Å². The monoisotopic (exact) mass is 377 g/mol. The molecule has 0 radical (unpaired) electrons. The molecule has 0 fully saturated rings. The number of benzene rings is 3. The average molecular weight is 377 g/mol. The van der Waals surface area contributed by atoms with Gasteiger partial charge in [-0.3, -0.25) is 0 Å². The van der Waals surface area contributed by atoms with Gasteiger partial charge in [-0.1, -0.05) is 12.1 Å². The molecule has 0 amide bonds. The van der Waals surface area contributed by atoms with Crippen LogP contribution in [0.1, 0.15) is 17.0 Å². The van der Waals surface area contributed by atoms with Crippen LogP contribution < -0.4 is 4.74 Å². The van der Waals surface area contributed by atoms with E-state index in [9.17, 15) is 8.78 Å². The molecule has 28 heavy (non-hydrogen) atoms. The number of hydrogen-bond acceptors (Lipinski definition) is 3. The first kappa shape index (κ1) is 17.9. The number of aromatic nitrogens is 1. The third-order valence-electron chi connectivity index (χ3n) is 4.33. The van der Waals surface area contributed by atoms with Gasteiger partial charge in [-0.05, 0) is 73.2 Å². The number of aryl methyl sites for hydroxylation is 1. The minimum absolute atomic E-state index is 0.296. The number of ether oxygens (including phenoxy) is 1. The van der Waals surface area contributed by atoms with Gasteiger partial charge in [0.05, 0.1) is 5.69 Å². The molecule has 0 aliphatic heterocycles. The van der Waals surface area contributed by atoms with Crippen LogP contribution in [0.15, 0.2) is 77.2 Å². The lowest BCUT2D eigenvalue weighted by molar-refractivity contribution is 0.480. The zero-order valence-electron chi connectivity index (χ0n) is 15.2. The Labute approximate surface area is 161 Å². The third-order valence-corrected chi connectivity index (χ3v) is 4.33. The molecule has 0 atom stereocenters. The van der Waals surface area contributed by atoms with E-state index >= 15 is 0 Å². The lowest BCUT2D eigenvalue weighted by Crippen LogP contribution is -1.92. The first-order chi connectivity index (χ1) is 13.6. The fraction of sp³-hybridized carbons (Fsp3) is 0.0870. The summed E-state index contributed by atoms with van der Waals surface area (Å²) in [6.45, 7) is 1.86. The molecule has 0 saturated carbocycles. The van der Waals surface area contributed by atoms with Gasteiger partial charge >= 0.3 is 0 Å². The SMILES string of the molecule is Cc1oc(-c2ccc(F)cc2)nc1Cc1ccc(Oc2ccc(F)cc2)cc1.